The molecule has 1 saturated carbocycles. The van der Waals surface area contributed by atoms with Crippen LogP contribution in [0.15, 0.2) is 66.7 Å². The molecule has 2 aromatic carbocycles. The molecular weight excluding hydrogens is 338 g/mol. The molecule has 1 N–H and O–H groups in total. The van der Waals surface area contributed by atoms with Crippen LogP contribution in [0.25, 0.3) is 0 Å². The molecule has 3 rings (SSSR count). The molecule has 0 heterocycles. The number of allylic oxidation sites excluding steroid dienone is 1. The normalized spacial score (nSPS) is 17.7. The van der Waals surface area contributed by atoms with Crippen molar-refractivity contribution in [3.05, 3.63) is 88.0 Å². The van der Waals surface area contributed by atoms with E-state index in [0.29, 0.717) is 5.92 Å². The first-order valence-electron chi connectivity index (χ1n) is 9.78. The van der Waals surface area contributed by atoms with Gasteiger partial charge < -0.3 is 5.11 Å². The summed E-state index contributed by atoms with van der Waals surface area (Å²) in [5.41, 5.74) is 2.06. The second-order valence-electron chi connectivity index (χ2n) is 7.39. The van der Waals surface area contributed by atoms with Crippen LogP contribution in [0, 0.1) is 22.0 Å². The average molecular weight is 365 g/mol. The van der Waals surface area contributed by atoms with E-state index < -0.39 is 11.0 Å². The Morgan fingerprint density at radius 3 is 2.33 bits per heavy atom. The Bertz CT molecular complexity index is 749. The zero-order chi connectivity index (χ0) is 19.1. The van der Waals surface area contributed by atoms with Crippen LogP contribution in [0.4, 0.5) is 5.69 Å². The van der Waals surface area contributed by atoms with Crippen LogP contribution in [-0.2, 0) is 6.42 Å². The number of nitro benzene ring substituents is 1. The maximum atomic E-state index is 11.0. The first-order valence-corrected chi connectivity index (χ1v) is 9.78. The number of aliphatic hydroxyl groups excluding tert-OH is 1. The highest BCUT2D eigenvalue weighted by molar-refractivity contribution is 5.34. The molecule has 2 atom stereocenters. The number of nitrogens with zero attached hydrogens (tertiary/aromatic N) is 1. The summed E-state index contributed by atoms with van der Waals surface area (Å²) in [7, 11) is 0. The van der Waals surface area contributed by atoms with Gasteiger partial charge in [-0.05, 0) is 48.4 Å². The SMILES string of the molecule is O=[N+]([O-])c1ccc(C(O)C(/C=C\Cc2ccccc2)C2CCCCC2)cc1. The van der Waals surface area contributed by atoms with Crippen LogP contribution < -0.4 is 0 Å². The summed E-state index contributed by atoms with van der Waals surface area (Å²) >= 11 is 0. The first-order chi connectivity index (χ1) is 13.1. The Labute approximate surface area is 160 Å². The van der Waals surface area contributed by atoms with E-state index in [1.54, 1.807) is 12.1 Å². The number of benzene rings is 2. The molecule has 0 aliphatic heterocycles. The molecule has 1 aliphatic carbocycles. The standard InChI is InChI=1S/C23H27NO3/c25-23(20-14-16-21(17-15-20)24(26)27)22(19-11-5-2-6-12-19)13-7-10-18-8-3-1-4-9-18/h1,3-4,7-9,13-17,19,22-23,25H,2,5-6,10-12H2/b13-7-. The number of aliphatic hydroxyl groups is 1. The number of hydrogen-bond acceptors (Lipinski definition) is 3. The van der Waals surface area contributed by atoms with Crippen molar-refractivity contribution in [3.63, 3.8) is 0 Å². The van der Waals surface area contributed by atoms with E-state index in [4.69, 9.17) is 0 Å². The Morgan fingerprint density at radius 2 is 1.70 bits per heavy atom. The van der Waals surface area contributed by atoms with Gasteiger partial charge in [0.05, 0.1) is 11.0 Å². The van der Waals surface area contributed by atoms with E-state index in [1.807, 2.05) is 18.2 Å². The zero-order valence-electron chi connectivity index (χ0n) is 15.5. The molecule has 0 saturated heterocycles. The van der Waals surface area contributed by atoms with Gasteiger partial charge >= 0.3 is 0 Å². The summed E-state index contributed by atoms with van der Waals surface area (Å²) in [6.45, 7) is 0. The van der Waals surface area contributed by atoms with E-state index in [0.717, 1.165) is 24.8 Å². The Kier molecular flexibility index (Phi) is 6.77. The van der Waals surface area contributed by atoms with Gasteiger partial charge in [0.25, 0.3) is 5.69 Å². The van der Waals surface area contributed by atoms with Crippen molar-refractivity contribution in [2.75, 3.05) is 0 Å². The lowest BCUT2D eigenvalue weighted by molar-refractivity contribution is -0.384. The largest absolute Gasteiger partial charge is 0.388 e. The highest BCUT2D eigenvalue weighted by Crippen LogP contribution is 2.38. The lowest BCUT2D eigenvalue weighted by Gasteiger charge is -2.32. The van der Waals surface area contributed by atoms with Gasteiger partial charge in [0.2, 0.25) is 0 Å². The van der Waals surface area contributed by atoms with Gasteiger partial charge in [0.1, 0.15) is 0 Å². The summed E-state index contributed by atoms with van der Waals surface area (Å²) in [6, 6.07) is 16.6. The van der Waals surface area contributed by atoms with E-state index >= 15 is 0 Å². The van der Waals surface area contributed by atoms with Crippen LogP contribution in [-0.4, -0.2) is 10.0 Å². The van der Waals surface area contributed by atoms with Crippen LogP contribution in [0.3, 0.4) is 0 Å². The third-order valence-electron chi connectivity index (χ3n) is 5.56. The number of hydrogen-bond donors (Lipinski definition) is 1. The van der Waals surface area contributed by atoms with Gasteiger partial charge in [0, 0.05) is 18.1 Å². The predicted octanol–water partition coefficient (Wildman–Crippen LogP) is 5.62. The van der Waals surface area contributed by atoms with Gasteiger partial charge in [-0.1, -0.05) is 61.7 Å². The van der Waals surface area contributed by atoms with Crippen molar-refractivity contribution in [1.29, 1.82) is 0 Å². The molecular formula is C23H27NO3. The minimum atomic E-state index is -0.638. The predicted molar refractivity (Wildman–Crippen MR) is 107 cm³/mol. The summed E-state index contributed by atoms with van der Waals surface area (Å²) in [5, 5.41) is 21.9. The molecule has 0 spiro atoms. The zero-order valence-corrected chi connectivity index (χ0v) is 15.5. The Balaban J connectivity index is 1.76. The minimum Gasteiger partial charge on any atom is -0.388 e. The second-order valence-corrected chi connectivity index (χ2v) is 7.39. The minimum absolute atomic E-state index is 0.0375. The number of rotatable bonds is 7. The van der Waals surface area contributed by atoms with E-state index in [2.05, 4.69) is 24.3 Å². The molecule has 0 radical (unpaired) electrons. The van der Waals surface area contributed by atoms with Crippen molar-refractivity contribution < 1.29 is 10.0 Å². The van der Waals surface area contributed by atoms with Crippen LogP contribution >= 0.6 is 0 Å². The molecule has 0 amide bonds. The van der Waals surface area contributed by atoms with Crippen molar-refractivity contribution >= 4 is 5.69 Å². The van der Waals surface area contributed by atoms with Gasteiger partial charge in [-0.3, -0.25) is 10.1 Å². The van der Waals surface area contributed by atoms with E-state index in [1.165, 1.54) is 37.0 Å². The van der Waals surface area contributed by atoms with Crippen molar-refractivity contribution in [2.45, 2.75) is 44.6 Å². The van der Waals surface area contributed by atoms with Crippen LogP contribution in [0.1, 0.15) is 49.3 Å². The molecule has 1 aliphatic rings. The third-order valence-corrected chi connectivity index (χ3v) is 5.56. The smallest absolute Gasteiger partial charge is 0.269 e. The van der Waals surface area contributed by atoms with Crippen molar-refractivity contribution in [1.82, 2.24) is 0 Å². The van der Waals surface area contributed by atoms with Gasteiger partial charge in [-0.25, -0.2) is 0 Å². The molecule has 4 heteroatoms. The van der Waals surface area contributed by atoms with E-state index in [-0.39, 0.29) is 11.6 Å². The second kappa shape index (κ2) is 9.47. The maximum absolute atomic E-state index is 11.0. The monoisotopic (exact) mass is 365 g/mol. The topological polar surface area (TPSA) is 63.4 Å². The molecule has 27 heavy (non-hydrogen) atoms. The van der Waals surface area contributed by atoms with Gasteiger partial charge in [0.15, 0.2) is 0 Å². The van der Waals surface area contributed by atoms with Gasteiger partial charge in [-0.15, -0.1) is 0 Å². The summed E-state index contributed by atoms with van der Waals surface area (Å²) in [6.07, 6.45) is 10.5. The highest BCUT2D eigenvalue weighted by atomic mass is 16.6. The lowest BCUT2D eigenvalue weighted by atomic mass is 9.75. The summed E-state index contributed by atoms with van der Waals surface area (Å²) < 4.78 is 0. The first kappa shape index (κ1) is 19.3. The molecule has 0 bridgehead atoms. The van der Waals surface area contributed by atoms with Gasteiger partial charge in [-0.2, -0.15) is 0 Å². The lowest BCUT2D eigenvalue weighted by Crippen LogP contribution is -2.23. The Hall–Kier alpha value is -2.46. The number of nitro groups is 1. The van der Waals surface area contributed by atoms with Crippen LogP contribution in [0.2, 0.25) is 0 Å². The van der Waals surface area contributed by atoms with E-state index in [9.17, 15) is 15.2 Å². The molecule has 2 unspecified atom stereocenters. The molecule has 1 fully saturated rings. The molecule has 4 nitrogen and oxygen atoms in total. The molecule has 2 aromatic rings. The average Bonchev–Trinajstić information content (AvgIpc) is 2.72. The molecule has 0 aromatic heterocycles. The van der Waals surface area contributed by atoms with Crippen molar-refractivity contribution in [3.8, 4) is 0 Å². The fraction of sp³-hybridized carbons (Fsp3) is 0.391. The Morgan fingerprint density at radius 1 is 1.04 bits per heavy atom. The number of non-ortho nitro benzene ring substituents is 1. The maximum Gasteiger partial charge on any atom is 0.269 e. The quantitative estimate of drug-likeness (QED) is 0.393. The van der Waals surface area contributed by atoms with Crippen molar-refractivity contribution in [2.24, 2.45) is 11.8 Å². The highest BCUT2D eigenvalue weighted by Gasteiger charge is 2.28. The fourth-order valence-electron chi connectivity index (χ4n) is 4.03. The third kappa shape index (κ3) is 5.27. The fourth-order valence-corrected chi connectivity index (χ4v) is 4.03. The summed E-state index contributed by atoms with van der Waals surface area (Å²) in [5.74, 6) is 0.492. The molecule has 142 valence electrons. The summed E-state index contributed by atoms with van der Waals surface area (Å²) in [4.78, 5) is 10.5. The van der Waals surface area contributed by atoms with Crippen LogP contribution in [0.5, 0.6) is 0 Å².